The molecule has 1 heterocycles. The number of fused-ring (bicyclic) bond motifs is 1. The van der Waals surface area contributed by atoms with Crippen LogP contribution in [-0.2, 0) is 9.53 Å². The molecular formula is C19H17BrClNO3. The first-order chi connectivity index (χ1) is 12.0. The zero-order chi connectivity index (χ0) is 18.0. The summed E-state index contributed by atoms with van der Waals surface area (Å²) in [6.45, 7) is 3.95. The van der Waals surface area contributed by atoms with Gasteiger partial charge in [-0.25, -0.2) is 4.79 Å². The van der Waals surface area contributed by atoms with Gasteiger partial charge in [0.05, 0.1) is 17.7 Å². The first-order valence-electron chi connectivity index (χ1n) is 7.98. The van der Waals surface area contributed by atoms with Crippen molar-refractivity contribution in [1.82, 2.24) is 0 Å². The number of carbonyl (C=O) groups excluding carboxylic acids is 1. The molecular weight excluding hydrogens is 406 g/mol. The molecule has 1 aliphatic heterocycles. The number of halogens is 2. The normalized spacial score (nSPS) is 19.9. The first-order valence-corrected chi connectivity index (χ1v) is 9.15. The molecule has 4 nitrogen and oxygen atoms in total. The van der Waals surface area contributed by atoms with Gasteiger partial charge in [-0.2, -0.15) is 0 Å². The number of para-hydroxylation sites is 1. The summed E-state index contributed by atoms with van der Waals surface area (Å²) in [7, 11) is 0. The SMILES string of the molecule is CCOC(=O)C1=C(Cl)C2=C(C)C(Oc3ccccc3)=CCC2N=C1Br. The second kappa shape index (κ2) is 7.58. The van der Waals surface area contributed by atoms with E-state index in [1.807, 2.05) is 43.3 Å². The van der Waals surface area contributed by atoms with Gasteiger partial charge in [0.15, 0.2) is 0 Å². The van der Waals surface area contributed by atoms with Crippen molar-refractivity contribution in [3.8, 4) is 5.75 Å². The molecule has 0 bridgehead atoms. The van der Waals surface area contributed by atoms with Crippen LogP contribution in [0.15, 0.2) is 68.9 Å². The molecule has 1 unspecified atom stereocenters. The van der Waals surface area contributed by atoms with E-state index in [1.54, 1.807) is 6.92 Å². The average Bonchev–Trinajstić information content (AvgIpc) is 2.58. The number of dihydropyridines is 1. The molecule has 1 aliphatic carbocycles. The fourth-order valence-corrected chi connectivity index (χ4v) is 3.99. The van der Waals surface area contributed by atoms with Crippen LogP contribution < -0.4 is 4.74 Å². The van der Waals surface area contributed by atoms with Gasteiger partial charge in [-0.05, 0) is 60.0 Å². The van der Waals surface area contributed by atoms with Crippen LogP contribution in [0.25, 0.3) is 0 Å². The van der Waals surface area contributed by atoms with E-state index in [0.29, 0.717) is 16.1 Å². The van der Waals surface area contributed by atoms with Crippen molar-refractivity contribution in [2.45, 2.75) is 26.3 Å². The number of hydrogen-bond acceptors (Lipinski definition) is 4. The van der Waals surface area contributed by atoms with Crippen molar-refractivity contribution >= 4 is 38.1 Å². The molecule has 25 heavy (non-hydrogen) atoms. The molecule has 130 valence electrons. The Morgan fingerprint density at radius 2 is 2.08 bits per heavy atom. The maximum atomic E-state index is 12.2. The van der Waals surface area contributed by atoms with Crippen LogP contribution in [0.5, 0.6) is 5.75 Å². The molecule has 0 fully saturated rings. The first kappa shape index (κ1) is 18.0. The molecule has 0 saturated heterocycles. The van der Waals surface area contributed by atoms with E-state index in [2.05, 4.69) is 20.9 Å². The van der Waals surface area contributed by atoms with Crippen molar-refractivity contribution in [2.75, 3.05) is 6.61 Å². The highest BCUT2D eigenvalue weighted by Gasteiger charge is 2.34. The fourth-order valence-electron chi connectivity index (χ4n) is 2.84. The topological polar surface area (TPSA) is 47.9 Å². The van der Waals surface area contributed by atoms with Crippen LogP contribution in [0.3, 0.4) is 0 Å². The Hall–Kier alpha value is -1.85. The zero-order valence-corrected chi connectivity index (χ0v) is 16.2. The number of esters is 1. The van der Waals surface area contributed by atoms with Gasteiger partial charge >= 0.3 is 5.97 Å². The summed E-state index contributed by atoms with van der Waals surface area (Å²) in [5, 5.41) is 0.366. The smallest absolute Gasteiger partial charge is 0.342 e. The van der Waals surface area contributed by atoms with Crippen LogP contribution >= 0.6 is 27.5 Å². The van der Waals surface area contributed by atoms with Gasteiger partial charge in [-0.15, -0.1) is 0 Å². The van der Waals surface area contributed by atoms with E-state index in [9.17, 15) is 4.79 Å². The number of rotatable bonds is 4. The van der Waals surface area contributed by atoms with Crippen molar-refractivity contribution in [2.24, 2.45) is 4.99 Å². The number of ether oxygens (including phenoxy) is 2. The van der Waals surface area contributed by atoms with E-state index in [1.165, 1.54) is 0 Å². The maximum Gasteiger partial charge on any atom is 0.342 e. The van der Waals surface area contributed by atoms with Crippen molar-refractivity contribution < 1.29 is 14.3 Å². The van der Waals surface area contributed by atoms with Gasteiger partial charge in [-0.3, -0.25) is 4.99 Å². The molecule has 1 atom stereocenters. The zero-order valence-electron chi connectivity index (χ0n) is 13.9. The lowest BCUT2D eigenvalue weighted by atomic mass is 9.89. The van der Waals surface area contributed by atoms with Gasteiger partial charge in [-0.1, -0.05) is 29.8 Å². The summed E-state index contributed by atoms with van der Waals surface area (Å²) in [6.07, 6.45) is 2.65. The molecule has 0 spiro atoms. The van der Waals surface area contributed by atoms with E-state index in [-0.39, 0.29) is 18.2 Å². The summed E-state index contributed by atoms with van der Waals surface area (Å²) in [6, 6.07) is 9.41. The molecule has 3 rings (SSSR count). The van der Waals surface area contributed by atoms with Gasteiger partial charge in [0.2, 0.25) is 0 Å². The number of allylic oxidation sites excluding steroid dienone is 1. The molecule has 1 aromatic rings. The lowest BCUT2D eigenvalue weighted by molar-refractivity contribution is -0.137. The molecule has 0 saturated carbocycles. The Morgan fingerprint density at radius 1 is 1.36 bits per heavy atom. The van der Waals surface area contributed by atoms with Gasteiger partial charge in [0.25, 0.3) is 0 Å². The summed E-state index contributed by atoms with van der Waals surface area (Å²) < 4.78 is 11.5. The molecule has 0 amide bonds. The number of aliphatic imine (C=N–C) groups is 1. The van der Waals surface area contributed by atoms with E-state index in [4.69, 9.17) is 21.1 Å². The minimum Gasteiger partial charge on any atom is -0.462 e. The minimum absolute atomic E-state index is 0.136. The highest BCUT2D eigenvalue weighted by atomic mass is 79.9. The highest BCUT2D eigenvalue weighted by Crippen LogP contribution is 2.40. The maximum absolute atomic E-state index is 12.2. The predicted octanol–water partition coefficient (Wildman–Crippen LogP) is 4.90. The van der Waals surface area contributed by atoms with E-state index < -0.39 is 5.97 Å². The molecule has 1 aromatic carbocycles. The number of carbonyl (C=O) groups is 1. The molecule has 0 N–H and O–H groups in total. The minimum atomic E-state index is -0.484. The lowest BCUT2D eigenvalue weighted by Gasteiger charge is -2.29. The molecule has 2 aliphatic rings. The number of hydrogen-bond donors (Lipinski definition) is 0. The summed E-state index contributed by atoms with van der Waals surface area (Å²) in [5.74, 6) is 0.993. The quantitative estimate of drug-likeness (QED) is 0.648. The number of benzene rings is 1. The van der Waals surface area contributed by atoms with E-state index >= 15 is 0 Å². The Labute approximate surface area is 160 Å². The van der Waals surface area contributed by atoms with Crippen molar-refractivity contribution in [1.29, 1.82) is 0 Å². The highest BCUT2D eigenvalue weighted by molar-refractivity contribution is 9.18. The van der Waals surface area contributed by atoms with E-state index in [0.717, 1.165) is 22.7 Å². The Balaban J connectivity index is 1.98. The van der Waals surface area contributed by atoms with Gasteiger partial charge < -0.3 is 9.47 Å². The fraction of sp³-hybridized carbons (Fsp3) is 0.263. The molecule has 6 heteroatoms. The second-order valence-corrected chi connectivity index (χ2v) is 6.73. The monoisotopic (exact) mass is 421 g/mol. The lowest BCUT2D eigenvalue weighted by Crippen LogP contribution is -2.26. The largest absolute Gasteiger partial charge is 0.462 e. The molecule has 0 radical (unpaired) electrons. The summed E-state index contributed by atoms with van der Waals surface area (Å²) in [4.78, 5) is 16.8. The van der Waals surface area contributed by atoms with Crippen molar-refractivity contribution in [3.05, 3.63) is 63.9 Å². The predicted molar refractivity (Wildman–Crippen MR) is 102 cm³/mol. The average molecular weight is 423 g/mol. The van der Waals surface area contributed by atoms with Crippen molar-refractivity contribution in [3.63, 3.8) is 0 Å². The van der Waals surface area contributed by atoms with Crippen LogP contribution in [0, 0.1) is 0 Å². The summed E-state index contributed by atoms with van der Waals surface area (Å²) in [5.41, 5.74) is 1.94. The van der Waals surface area contributed by atoms with Crippen LogP contribution in [-0.4, -0.2) is 23.2 Å². The van der Waals surface area contributed by atoms with Gasteiger partial charge in [0, 0.05) is 5.57 Å². The third-order valence-corrected chi connectivity index (χ3v) is 5.01. The Bertz CT molecular complexity index is 824. The Morgan fingerprint density at radius 3 is 2.76 bits per heavy atom. The third-order valence-electron chi connectivity index (χ3n) is 4.02. The number of nitrogens with zero attached hydrogens (tertiary/aromatic N) is 1. The molecule has 0 aromatic heterocycles. The Kier molecular flexibility index (Phi) is 5.45. The van der Waals surface area contributed by atoms with Crippen LogP contribution in [0.4, 0.5) is 0 Å². The van der Waals surface area contributed by atoms with Gasteiger partial charge in [0.1, 0.15) is 21.7 Å². The van der Waals surface area contributed by atoms with Crippen LogP contribution in [0.2, 0.25) is 0 Å². The summed E-state index contributed by atoms with van der Waals surface area (Å²) >= 11 is 9.92. The van der Waals surface area contributed by atoms with Crippen LogP contribution in [0.1, 0.15) is 20.3 Å². The standard InChI is InChI=1S/C19H17BrClNO3/c1-3-24-19(23)16-17(21)15-11(2)14(10-9-13(15)22-18(16)20)25-12-7-5-4-6-8-12/h4-8,10,13H,3,9H2,1-2H3. The second-order valence-electron chi connectivity index (χ2n) is 5.60. The third kappa shape index (κ3) is 3.58.